The highest BCUT2D eigenvalue weighted by molar-refractivity contribution is 5.94. The third-order valence-corrected chi connectivity index (χ3v) is 3.56. The lowest BCUT2D eigenvalue weighted by Gasteiger charge is -2.03. The molecule has 0 aliphatic heterocycles. The minimum atomic E-state index is -0.275. The molecule has 7 nitrogen and oxygen atoms in total. The molecule has 0 fully saturated rings. The average molecular weight is 307 g/mol. The van der Waals surface area contributed by atoms with E-state index in [2.05, 4.69) is 20.3 Å². The van der Waals surface area contributed by atoms with Crippen LogP contribution in [0, 0.1) is 0 Å². The van der Waals surface area contributed by atoms with Crippen molar-refractivity contribution in [1.29, 1.82) is 0 Å². The van der Waals surface area contributed by atoms with Crippen molar-refractivity contribution in [2.45, 2.75) is 6.54 Å². The van der Waals surface area contributed by atoms with Crippen molar-refractivity contribution >= 4 is 28.2 Å². The van der Waals surface area contributed by atoms with E-state index in [0.717, 1.165) is 11.0 Å². The van der Waals surface area contributed by atoms with Gasteiger partial charge < -0.3 is 14.3 Å². The topological polar surface area (TPSA) is 85.8 Å². The lowest BCUT2D eigenvalue weighted by Crippen LogP contribution is -2.24. The van der Waals surface area contributed by atoms with Crippen LogP contribution in [0.3, 0.4) is 0 Å². The van der Waals surface area contributed by atoms with Crippen molar-refractivity contribution in [3.05, 3.63) is 54.3 Å². The normalized spacial score (nSPS) is 11.2. The first-order valence-electron chi connectivity index (χ1n) is 7.11. The summed E-state index contributed by atoms with van der Waals surface area (Å²) in [6.07, 6.45) is 3.55. The second-order valence-electron chi connectivity index (χ2n) is 5.15. The molecule has 0 aliphatic carbocycles. The summed E-state index contributed by atoms with van der Waals surface area (Å²) in [5.74, 6) is 0.135. The van der Waals surface area contributed by atoms with Crippen molar-refractivity contribution < 1.29 is 9.21 Å². The summed E-state index contributed by atoms with van der Waals surface area (Å²) < 4.78 is 7.39. The highest BCUT2D eigenvalue weighted by atomic mass is 16.3. The SMILES string of the molecule is Cn1ccc2ccc(C(=O)NCc3nc4ncccc4o3)nc21. The molecule has 0 saturated heterocycles. The van der Waals surface area contributed by atoms with Crippen LogP contribution >= 0.6 is 0 Å². The van der Waals surface area contributed by atoms with Crippen LogP contribution in [0.2, 0.25) is 0 Å². The Balaban J connectivity index is 1.53. The number of carbonyl (C=O) groups is 1. The monoisotopic (exact) mass is 307 g/mol. The van der Waals surface area contributed by atoms with Gasteiger partial charge in [-0.1, -0.05) is 0 Å². The molecule has 23 heavy (non-hydrogen) atoms. The Morgan fingerprint density at radius 3 is 3.04 bits per heavy atom. The lowest BCUT2D eigenvalue weighted by molar-refractivity contribution is 0.0943. The fourth-order valence-electron chi connectivity index (χ4n) is 2.40. The molecule has 0 unspecified atom stereocenters. The second-order valence-corrected chi connectivity index (χ2v) is 5.15. The van der Waals surface area contributed by atoms with E-state index in [0.29, 0.717) is 22.8 Å². The summed E-state index contributed by atoms with van der Waals surface area (Å²) in [4.78, 5) is 24.9. The first-order valence-corrected chi connectivity index (χ1v) is 7.11. The first kappa shape index (κ1) is 13.4. The third-order valence-electron chi connectivity index (χ3n) is 3.56. The quantitative estimate of drug-likeness (QED) is 0.626. The van der Waals surface area contributed by atoms with Gasteiger partial charge in [0.05, 0.1) is 6.54 Å². The largest absolute Gasteiger partial charge is 0.437 e. The van der Waals surface area contributed by atoms with Crippen LogP contribution in [0.25, 0.3) is 22.3 Å². The van der Waals surface area contributed by atoms with Crippen LogP contribution in [-0.4, -0.2) is 25.4 Å². The zero-order chi connectivity index (χ0) is 15.8. The highest BCUT2D eigenvalue weighted by Crippen LogP contribution is 2.14. The van der Waals surface area contributed by atoms with E-state index in [4.69, 9.17) is 4.42 Å². The van der Waals surface area contributed by atoms with Crippen LogP contribution in [-0.2, 0) is 13.6 Å². The molecule has 4 aromatic rings. The third kappa shape index (κ3) is 2.42. The molecule has 1 N–H and O–H groups in total. The number of amides is 1. The maximum absolute atomic E-state index is 12.2. The fraction of sp³-hybridized carbons (Fsp3) is 0.125. The van der Waals surface area contributed by atoms with Crippen molar-refractivity contribution in [3.63, 3.8) is 0 Å². The number of hydrogen-bond donors (Lipinski definition) is 1. The van der Waals surface area contributed by atoms with Crippen molar-refractivity contribution in [2.75, 3.05) is 0 Å². The lowest BCUT2D eigenvalue weighted by atomic mass is 10.3. The zero-order valence-corrected chi connectivity index (χ0v) is 12.4. The summed E-state index contributed by atoms with van der Waals surface area (Å²) in [5.41, 5.74) is 2.25. The molecule has 4 rings (SSSR count). The maximum atomic E-state index is 12.2. The number of aromatic nitrogens is 4. The summed E-state index contributed by atoms with van der Waals surface area (Å²) in [7, 11) is 1.89. The van der Waals surface area contributed by atoms with Gasteiger partial charge in [-0.15, -0.1) is 0 Å². The summed E-state index contributed by atoms with van der Waals surface area (Å²) in [6.45, 7) is 0.183. The Kier molecular flexibility index (Phi) is 3.04. The van der Waals surface area contributed by atoms with E-state index in [9.17, 15) is 4.79 Å². The van der Waals surface area contributed by atoms with Gasteiger partial charge in [-0.25, -0.2) is 9.97 Å². The molecule has 0 radical (unpaired) electrons. The number of nitrogens with one attached hydrogen (secondary N) is 1. The summed E-state index contributed by atoms with van der Waals surface area (Å²) in [5, 5.41) is 3.75. The van der Waals surface area contributed by atoms with Crippen LogP contribution in [0.5, 0.6) is 0 Å². The van der Waals surface area contributed by atoms with Gasteiger partial charge >= 0.3 is 0 Å². The van der Waals surface area contributed by atoms with Crippen LogP contribution in [0.15, 0.2) is 47.1 Å². The molecule has 0 aromatic carbocycles. The van der Waals surface area contributed by atoms with E-state index >= 15 is 0 Å². The number of nitrogens with zero attached hydrogens (tertiary/aromatic N) is 4. The molecular weight excluding hydrogens is 294 g/mol. The molecule has 4 aromatic heterocycles. The Morgan fingerprint density at radius 1 is 1.26 bits per heavy atom. The van der Waals surface area contributed by atoms with Crippen LogP contribution in [0.4, 0.5) is 0 Å². The van der Waals surface area contributed by atoms with Gasteiger partial charge in [-0.3, -0.25) is 4.79 Å². The minimum absolute atomic E-state index is 0.183. The van der Waals surface area contributed by atoms with Gasteiger partial charge in [0.15, 0.2) is 11.2 Å². The zero-order valence-electron chi connectivity index (χ0n) is 12.4. The Morgan fingerprint density at radius 2 is 2.17 bits per heavy atom. The summed E-state index contributed by atoms with van der Waals surface area (Å²) >= 11 is 0. The van der Waals surface area contributed by atoms with Gasteiger partial charge in [-0.05, 0) is 30.3 Å². The Labute approximate surface area is 131 Å². The van der Waals surface area contributed by atoms with Gasteiger partial charge in [0.25, 0.3) is 5.91 Å². The molecule has 0 bridgehead atoms. The number of fused-ring (bicyclic) bond motifs is 2. The molecule has 1 amide bonds. The molecule has 7 heteroatoms. The van der Waals surface area contributed by atoms with E-state index in [1.807, 2.05) is 29.9 Å². The maximum Gasteiger partial charge on any atom is 0.270 e. The van der Waals surface area contributed by atoms with Crippen molar-refractivity contribution in [3.8, 4) is 0 Å². The smallest absolute Gasteiger partial charge is 0.270 e. The molecule has 4 heterocycles. The van der Waals surface area contributed by atoms with Gasteiger partial charge in [-0.2, -0.15) is 4.98 Å². The van der Waals surface area contributed by atoms with Crippen LogP contribution < -0.4 is 5.32 Å². The number of oxazole rings is 1. The number of pyridine rings is 2. The van der Waals surface area contributed by atoms with E-state index in [-0.39, 0.29) is 12.5 Å². The highest BCUT2D eigenvalue weighted by Gasteiger charge is 2.12. The molecule has 0 aliphatic rings. The molecule has 0 saturated carbocycles. The van der Waals surface area contributed by atoms with Crippen molar-refractivity contribution in [2.24, 2.45) is 7.05 Å². The van der Waals surface area contributed by atoms with Crippen molar-refractivity contribution in [1.82, 2.24) is 24.8 Å². The van der Waals surface area contributed by atoms with Crippen LogP contribution in [0.1, 0.15) is 16.4 Å². The molecule has 0 atom stereocenters. The number of carbonyl (C=O) groups excluding carboxylic acids is 1. The Hall–Kier alpha value is -3.22. The van der Waals surface area contributed by atoms with Gasteiger partial charge in [0, 0.05) is 24.8 Å². The second kappa shape index (κ2) is 5.20. The van der Waals surface area contributed by atoms with E-state index in [1.54, 1.807) is 24.4 Å². The van der Waals surface area contributed by atoms with Gasteiger partial charge in [0.2, 0.25) is 5.89 Å². The van der Waals surface area contributed by atoms with Gasteiger partial charge in [0.1, 0.15) is 11.3 Å². The standard InChI is InChI=1S/C16H13N5O2/c1-21-8-6-10-4-5-11(19-15(10)21)16(22)18-9-13-20-14-12(23-13)3-2-7-17-14/h2-8H,9H2,1H3,(H,18,22). The van der Waals surface area contributed by atoms with E-state index < -0.39 is 0 Å². The minimum Gasteiger partial charge on any atom is -0.437 e. The number of hydrogen-bond acceptors (Lipinski definition) is 5. The predicted octanol–water partition coefficient (Wildman–Crippen LogP) is 2.04. The average Bonchev–Trinajstić information content (AvgIpc) is 3.16. The molecule has 114 valence electrons. The summed E-state index contributed by atoms with van der Waals surface area (Å²) in [6, 6.07) is 9.08. The first-order chi connectivity index (χ1) is 11.2. The molecule has 0 spiro atoms. The predicted molar refractivity (Wildman–Crippen MR) is 83.7 cm³/mol. The van der Waals surface area contributed by atoms with E-state index in [1.165, 1.54) is 0 Å². The number of aryl methyl sites for hydroxylation is 1. The fourth-order valence-corrected chi connectivity index (χ4v) is 2.40. The Bertz CT molecular complexity index is 985. The number of rotatable bonds is 3. The molecular formula is C16H13N5O2.